The van der Waals surface area contributed by atoms with Gasteiger partial charge in [0, 0.05) is 18.7 Å². The molecule has 0 fully saturated rings. The lowest BCUT2D eigenvalue weighted by Crippen LogP contribution is -2.34. The van der Waals surface area contributed by atoms with Crippen LogP contribution in [0.15, 0.2) is 12.1 Å². The third-order valence-electron chi connectivity index (χ3n) is 2.61. The first-order valence-corrected chi connectivity index (χ1v) is 5.74. The first-order valence-electron chi connectivity index (χ1n) is 5.74. The molecule has 19 heavy (non-hydrogen) atoms. The Bertz CT molecular complexity index is 502. The Labute approximate surface area is 109 Å². The van der Waals surface area contributed by atoms with E-state index in [0.29, 0.717) is 12.1 Å². The third kappa shape index (κ3) is 3.47. The number of hydrogen-bond acceptors (Lipinski definition) is 2. The lowest BCUT2D eigenvalue weighted by Gasteiger charge is -2.22. The van der Waals surface area contributed by atoms with Crippen LogP contribution in [0.3, 0.4) is 0 Å². The van der Waals surface area contributed by atoms with Gasteiger partial charge in [-0.15, -0.1) is 0 Å². The molecule has 3 nitrogen and oxygen atoms in total. The minimum Gasteiger partial charge on any atom is -0.338 e. The van der Waals surface area contributed by atoms with E-state index in [0.717, 1.165) is 0 Å². The highest BCUT2D eigenvalue weighted by molar-refractivity contribution is 5.94. The highest BCUT2D eigenvalue weighted by atomic mass is 19.2. The molecule has 1 atom stereocenters. The summed E-state index contributed by atoms with van der Waals surface area (Å²) < 4.78 is 38.9. The van der Waals surface area contributed by atoms with Crippen LogP contribution < -0.4 is 0 Å². The summed E-state index contributed by atoms with van der Waals surface area (Å²) >= 11 is 0. The summed E-state index contributed by atoms with van der Waals surface area (Å²) in [4.78, 5) is 13.3. The first-order chi connectivity index (χ1) is 8.90. The molecule has 0 saturated carbocycles. The summed E-state index contributed by atoms with van der Waals surface area (Å²) in [5.41, 5.74) is -0.275. The van der Waals surface area contributed by atoms with Gasteiger partial charge in [0.05, 0.1) is 12.0 Å². The summed E-state index contributed by atoms with van der Waals surface area (Å²) in [5.74, 6) is -5.47. The molecule has 1 rings (SSSR count). The van der Waals surface area contributed by atoms with Crippen LogP contribution in [0.5, 0.6) is 0 Å². The van der Waals surface area contributed by atoms with Crippen LogP contribution in [0.1, 0.15) is 24.2 Å². The molecule has 0 aliphatic heterocycles. The van der Waals surface area contributed by atoms with Crippen molar-refractivity contribution in [2.24, 2.45) is 5.92 Å². The van der Waals surface area contributed by atoms with Gasteiger partial charge in [0.25, 0.3) is 5.91 Å². The third-order valence-corrected chi connectivity index (χ3v) is 2.61. The molecule has 0 spiro atoms. The number of halogens is 3. The van der Waals surface area contributed by atoms with Crippen molar-refractivity contribution in [1.82, 2.24) is 4.90 Å². The molecule has 1 unspecified atom stereocenters. The topological polar surface area (TPSA) is 44.1 Å². The second kappa shape index (κ2) is 6.23. The minimum atomic E-state index is -1.61. The average Bonchev–Trinajstić information content (AvgIpc) is 2.40. The Kier molecular flexibility index (Phi) is 4.93. The Morgan fingerprint density at radius 1 is 1.37 bits per heavy atom. The largest absolute Gasteiger partial charge is 0.338 e. The Balaban J connectivity index is 3.02. The molecular formula is C13H13F3N2O. The number of carbonyl (C=O) groups is 1. The van der Waals surface area contributed by atoms with E-state index >= 15 is 0 Å². The summed E-state index contributed by atoms with van der Waals surface area (Å²) in [7, 11) is 0. The average molecular weight is 270 g/mol. The number of rotatable bonds is 4. The van der Waals surface area contributed by atoms with E-state index in [1.165, 1.54) is 4.90 Å². The van der Waals surface area contributed by atoms with Gasteiger partial charge in [-0.3, -0.25) is 4.79 Å². The van der Waals surface area contributed by atoms with Gasteiger partial charge in [-0.25, -0.2) is 13.2 Å². The van der Waals surface area contributed by atoms with Crippen LogP contribution in [0.2, 0.25) is 0 Å². The number of nitriles is 1. The van der Waals surface area contributed by atoms with Crippen LogP contribution in [0.25, 0.3) is 0 Å². The SMILES string of the molecule is CCN(CC(C)C#N)C(=O)c1cc(F)c(F)c(F)c1. The summed E-state index contributed by atoms with van der Waals surface area (Å²) in [6, 6.07) is 3.27. The molecule has 0 bridgehead atoms. The lowest BCUT2D eigenvalue weighted by molar-refractivity contribution is 0.0751. The van der Waals surface area contributed by atoms with E-state index in [4.69, 9.17) is 5.26 Å². The smallest absolute Gasteiger partial charge is 0.254 e. The van der Waals surface area contributed by atoms with Crippen molar-refractivity contribution in [3.05, 3.63) is 35.1 Å². The van der Waals surface area contributed by atoms with Gasteiger partial charge in [0.1, 0.15) is 0 Å². The normalized spacial score (nSPS) is 11.8. The monoisotopic (exact) mass is 270 g/mol. The maximum Gasteiger partial charge on any atom is 0.254 e. The molecule has 0 saturated heterocycles. The molecule has 0 aliphatic rings. The highest BCUT2D eigenvalue weighted by Crippen LogP contribution is 2.15. The Morgan fingerprint density at radius 3 is 2.32 bits per heavy atom. The molecule has 0 N–H and O–H groups in total. The van der Waals surface area contributed by atoms with Crippen molar-refractivity contribution >= 4 is 5.91 Å². The quantitative estimate of drug-likeness (QED) is 0.789. The first kappa shape index (κ1) is 15.0. The molecule has 0 heterocycles. The van der Waals surface area contributed by atoms with Gasteiger partial charge in [-0.1, -0.05) is 0 Å². The van der Waals surface area contributed by atoms with Crippen molar-refractivity contribution in [3.8, 4) is 6.07 Å². The molecule has 1 aromatic carbocycles. The lowest BCUT2D eigenvalue weighted by atomic mass is 10.1. The highest BCUT2D eigenvalue weighted by Gasteiger charge is 2.20. The van der Waals surface area contributed by atoms with Crippen molar-refractivity contribution in [1.29, 1.82) is 5.26 Å². The van der Waals surface area contributed by atoms with Crippen LogP contribution in [0, 0.1) is 34.7 Å². The second-order valence-corrected chi connectivity index (χ2v) is 4.13. The van der Waals surface area contributed by atoms with E-state index in [-0.39, 0.29) is 18.7 Å². The van der Waals surface area contributed by atoms with Gasteiger partial charge >= 0.3 is 0 Å². The van der Waals surface area contributed by atoms with Crippen LogP contribution >= 0.6 is 0 Å². The molecule has 1 amide bonds. The zero-order valence-electron chi connectivity index (χ0n) is 10.6. The number of nitrogens with zero attached hydrogens (tertiary/aromatic N) is 2. The van der Waals surface area contributed by atoms with Gasteiger partial charge < -0.3 is 4.90 Å². The van der Waals surface area contributed by atoms with Crippen molar-refractivity contribution < 1.29 is 18.0 Å². The molecule has 0 aromatic heterocycles. The Morgan fingerprint density at radius 2 is 1.89 bits per heavy atom. The number of hydrogen-bond donors (Lipinski definition) is 0. The van der Waals surface area contributed by atoms with E-state index in [1.807, 2.05) is 6.07 Å². The second-order valence-electron chi connectivity index (χ2n) is 4.13. The van der Waals surface area contributed by atoms with Gasteiger partial charge in [0.2, 0.25) is 0 Å². The van der Waals surface area contributed by atoms with Gasteiger partial charge in [0.15, 0.2) is 17.5 Å². The predicted octanol–water partition coefficient (Wildman–Crippen LogP) is 2.73. The fraction of sp³-hybridized carbons (Fsp3) is 0.385. The van der Waals surface area contributed by atoms with Crippen LogP contribution in [0.4, 0.5) is 13.2 Å². The maximum atomic E-state index is 13.1. The number of carbonyl (C=O) groups excluding carboxylic acids is 1. The van der Waals surface area contributed by atoms with Crippen molar-refractivity contribution in [3.63, 3.8) is 0 Å². The molecule has 6 heteroatoms. The predicted molar refractivity (Wildman–Crippen MR) is 62.7 cm³/mol. The van der Waals surface area contributed by atoms with Crippen molar-refractivity contribution in [2.75, 3.05) is 13.1 Å². The van der Waals surface area contributed by atoms with Gasteiger partial charge in [-0.2, -0.15) is 5.26 Å². The standard InChI is InChI=1S/C13H13F3N2O/c1-3-18(7-8(2)6-17)13(19)9-4-10(14)12(16)11(15)5-9/h4-5,8H,3,7H2,1-2H3. The molecule has 0 radical (unpaired) electrons. The molecule has 1 aromatic rings. The summed E-state index contributed by atoms with van der Waals surface area (Å²) in [5, 5.41) is 8.70. The fourth-order valence-corrected chi connectivity index (χ4v) is 1.59. The van der Waals surface area contributed by atoms with Crippen molar-refractivity contribution in [2.45, 2.75) is 13.8 Å². The molecule has 102 valence electrons. The van der Waals surface area contributed by atoms with E-state index in [1.54, 1.807) is 13.8 Å². The maximum absolute atomic E-state index is 13.1. The zero-order chi connectivity index (χ0) is 14.6. The van der Waals surface area contributed by atoms with Gasteiger partial charge in [-0.05, 0) is 26.0 Å². The van der Waals surface area contributed by atoms with Crippen LogP contribution in [-0.4, -0.2) is 23.9 Å². The van der Waals surface area contributed by atoms with Crippen LogP contribution in [-0.2, 0) is 0 Å². The van der Waals surface area contributed by atoms with E-state index < -0.39 is 29.3 Å². The zero-order valence-corrected chi connectivity index (χ0v) is 10.6. The van der Waals surface area contributed by atoms with E-state index in [2.05, 4.69) is 0 Å². The molecular weight excluding hydrogens is 257 g/mol. The number of benzene rings is 1. The van der Waals surface area contributed by atoms with E-state index in [9.17, 15) is 18.0 Å². The molecule has 0 aliphatic carbocycles. The summed E-state index contributed by atoms with van der Waals surface area (Å²) in [6.45, 7) is 3.73. The number of amides is 1. The Hall–Kier alpha value is -2.03. The fourth-order valence-electron chi connectivity index (χ4n) is 1.59. The summed E-state index contributed by atoms with van der Waals surface area (Å²) in [6.07, 6.45) is 0. The minimum absolute atomic E-state index is 0.145.